The molecule has 0 unspecified atom stereocenters. The van der Waals surface area contributed by atoms with Crippen LogP contribution >= 0.6 is 0 Å². The Morgan fingerprint density at radius 1 is 0.960 bits per heavy atom. The number of carbonyl (C=O) groups is 1. The molecule has 0 fully saturated rings. The van der Waals surface area contributed by atoms with Gasteiger partial charge in [0, 0.05) is 5.69 Å². The maximum Gasteiger partial charge on any atom is 0.263 e. The molecule has 1 heterocycles. The predicted octanol–water partition coefficient (Wildman–Crippen LogP) is 3.98. The van der Waals surface area contributed by atoms with Crippen molar-refractivity contribution in [2.24, 2.45) is 0 Å². The summed E-state index contributed by atoms with van der Waals surface area (Å²) in [6.45, 7) is -0.0960. The molecule has 0 spiro atoms. The number of halogens is 1. The van der Waals surface area contributed by atoms with Crippen LogP contribution in [0.4, 0.5) is 21.6 Å². The fraction of sp³-hybridized carbons (Fsp3) is 0.0526. The van der Waals surface area contributed by atoms with Crippen molar-refractivity contribution in [1.29, 1.82) is 0 Å². The standard InChI is InChI=1S/C19H16FN3O2/c20-14-6-8-15(9-7-14)22-16-10-11-18(21-12-16)23-19(24)13-25-17-4-2-1-3-5-17/h1-12,22H,13H2,(H,21,23,24). The van der Waals surface area contributed by atoms with E-state index in [-0.39, 0.29) is 18.3 Å². The highest BCUT2D eigenvalue weighted by atomic mass is 19.1. The van der Waals surface area contributed by atoms with Crippen molar-refractivity contribution in [2.75, 3.05) is 17.2 Å². The third-order valence-corrected chi connectivity index (χ3v) is 3.28. The van der Waals surface area contributed by atoms with E-state index >= 15 is 0 Å². The molecule has 0 atom stereocenters. The molecular formula is C19H16FN3O2. The number of carbonyl (C=O) groups excluding carboxylic acids is 1. The molecule has 0 aliphatic heterocycles. The van der Waals surface area contributed by atoms with Crippen LogP contribution in [0.1, 0.15) is 0 Å². The van der Waals surface area contributed by atoms with Crippen LogP contribution in [0, 0.1) is 5.82 Å². The first kappa shape index (κ1) is 16.4. The van der Waals surface area contributed by atoms with Gasteiger partial charge in [0.1, 0.15) is 17.4 Å². The maximum absolute atomic E-state index is 12.9. The van der Waals surface area contributed by atoms with E-state index < -0.39 is 0 Å². The van der Waals surface area contributed by atoms with Crippen molar-refractivity contribution < 1.29 is 13.9 Å². The number of para-hydroxylation sites is 1. The average molecular weight is 337 g/mol. The van der Waals surface area contributed by atoms with Crippen LogP contribution in [0.25, 0.3) is 0 Å². The molecule has 5 nitrogen and oxygen atoms in total. The molecule has 0 aliphatic carbocycles. The van der Waals surface area contributed by atoms with Crippen molar-refractivity contribution in [1.82, 2.24) is 4.98 Å². The Bertz CT molecular complexity index is 822. The van der Waals surface area contributed by atoms with Gasteiger partial charge in [-0.2, -0.15) is 0 Å². The van der Waals surface area contributed by atoms with E-state index in [1.807, 2.05) is 18.2 Å². The molecular weight excluding hydrogens is 321 g/mol. The molecule has 126 valence electrons. The third-order valence-electron chi connectivity index (χ3n) is 3.28. The summed E-state index contributed by atoms with van der Waals surface area (Å²) in [6, 6.07) is 18.5. The summed E-state index contributed by atoms with van der Waals surface area (Å²) in [7, 11) is 0. The van der Waals surface area contributed by atoms with Gasteiger partial charge in [0.15, 0.2) is 6.61 Å². The zero-order valence-corrected chi connectivity index (χ0v) is 13.3. The summed E-state index contributed by atoms with van der Waals surface area (Å²) in [5.41, 5.74) is 1.47. The van der Waals surface area contributed by atoms with E-state index in [9.17, 15) is 9.18 Å². The van der Waals surface area contributed by atoms with Gasteiger partial charge in [-0.1, -0.05) is 18.2 Å². The van der Waals surface area contributed by atoms with Gasteiger partial charge in [0.2, 0.25) is 0 Å². The van der Waals surface area contributed by atoms with Gasteiger partial charge >= 0.3 is 0 Å². The number of ether oxygens (including phenoxy) is 1. The molecule has 2 N–H and O–H groups in total. The molecule has 3 rings (SSSR count). The monoisotopic (exact) mass is 337 g/mol. The molecule has 0 saturated carbocycles. The number of aromatic nitrogens is 1. The van der Waals surface area contributed by atoms with Crippen LogP contribution in [0.2, 0.25) is 0 Å². The Hall–Kier alpha value is -3.41. The smallest absolute Gasteiger partial charge is 0.263 e. The van der Waals surface area contributed by atoms with Crippen LogP contribution in [-0.2, 0) is 4.79 Å². The fourth-order valence-corrected chi connectivity index (χ4v) is 2.09. The zero-order valence-electron chi connectivity index (χ0n) is 13.3. The van der Waals surface area contributed by atoms with E-state index in [2.05, 4.69) is 15.6 Å². The van der Waals surface area contributed by atoms with E-state index in [0.717, 1.165) is 11.4 Å². The van der Waals surface area contributed by atoms with Crippen molar-refractivity contribution in [2.45, 2.75) is 0 Å². The van der Waals surface area contributed by atoms with Gasteiger partial charge in [-0.05, 0) is 48.5 Å². The molecule has 2 aromatic carbocycles. The normalized spacial score (nSPS) is 10.1. The summed E-state index contributed by atoms with van der Waals surface area (Å²) < 4.78 is 18.3. The number of pyridine rings is 1. The molecule has 0 radical (unpaired) electrons. The lowest BCUT2D eigenvalue weighted by molar-refractivity contribution is -0.118. The Morgan fingerprint density at radius 2 is 1.68 bits per heavy atom. The van der Waals surface area contributed by atoms with Crippen molar-refractivity contribution in [3.63, 3.8) is 0 Å². The highest BCUT2D eigenvalue weighted by Gasteiger charge is 2.05. The number of anilines is 3. The molecule has 0 saturated heterocycles. The molecule has 1 amide bonds. The first-order valence-electron chi connectivity index (χ1n) is 7.65. The largest absolute Gasteiger partial charge is 0.484 e. The quantitative estimate of drug-likeness (QED) is 0.714. The second-order valence-corrected chi connectivity index (χ2v) is 5.21. The maximum atomic E-state index is 12.9. The summed E-state index contributed by atoms with van der Waals surface area (Å²) in [4.78, 5) is 16.0. The highest BCUT2D eigenvalue weighted by molar-refractivity contribution is 5.91. The van der Waals surface area contributed by atoms with Crippen LogP contribution in [-0.4, -0.2) is 17.5 Å². The molecule has 0 bridgehead atoms. The SMILES string of the molecule is O=C(COc1ccccc1)Nc1ccc(Nc2ccc(F)cc2)cn1. The minimum Gasteiger partial charge on any atom is -0.484 e. The topological polar surface area (TPSA) is 63.2 Å². The van der Waals surface area contributed by atoms with E-state index in [1.54, 1.807) is 42.6 Å². The van der Waals surface area contributed by atoms with Crippen molar-refractivity contribution >= 4 is 23.1 Å². The lowest BCUT2D eigenvalue weighted by Crippen LogP contribution is -2.20. The zero-order chi connectivity index (χ0) is 17.5. The van der Waals surface area contributed by atoms with Gasteiger partial charge in [-0.3, -0.25) is 4.79 Å². The third kappa shape index (κ3) is 5.04. The molecule has 1 aromatic heterocycles. The van der Waals surface area contributed by atoms with Crippen LogP contribution in [0.3, 0.4) is 0 Å². The lowest BCUT2D eigenvalue weighted by atomic mass is 10.3. The first-order chi connectivity index (χ1) is 12.2. The number of amides is 1. The first-order valence-corrected chi connectivity index (χ1v) is 7.65. The van der Waals surface area contributed by atoms with E-state index in [0.29, 0.717) is 11.6 Å². The average Bonchev–Trinajstić information content (AvgIpc) is 2.64. The molecule has 0 aliphatic rings. The Balaban J connectivity index is 1.51. The van der Waals surface area contributed by atoms with Crippen LogP contribution in [0.15, 0.2) is 72.9 Å². The van der Waals surface area contributed by atoms with E-state index in [1.165, 1.54) is 12.1 Å². The fourth-order valence-electron chi connectivity index (χ4n) is 2.09. The minimum atomic E-state index is -0.296. The Kier molecular flexibility index (Phi) is 5.21. The molecule has 3 aromatic rings. The predicted molar refractivity (Wildman–Crippen MR) is 94.5 cm³/mol. The lowest BCUT2D eigenvalue weighted by Gasteiger charge is -2.09. The highest BCUT2D eigenvalue weighted by Crippen LogP contribution is 2.17. The van der Waals surface area contributed by atoms with Crippen molar-refractivity contribution in [3.8, 4) is 5.75 Å². The number of nitrogens with zero attached hydrogens (tertiary/aromatic N) is 1. The Morgan fingerprint density at radius 3 is 2.36 bits per heavy atom. The number of hydrogen-bond donors (Lipinski definition) is 2. The molecule has 6 heteroatoms. The second kappa shape index (κ2) is 7.92. The second-order valence-electron chi connectivity index (χ2n) is 5.21. The number of benzene rings is 2. The van der Waals surface area contributed by atoms with Gasteiger partial charge in [0.05, 0.1) is 11.9 Å². The summed E-state index contributed by atoms with van der Waals surface area (Å²) in [5, 5.41) is 5.75. The van der Waals surface area contributed by atoms with E-state index in [4.69, 9.17) is 4.74 Å². The number of nitrogens with one attached hydrogen (secondary N) is 2. The van der Waals surface area contributed by atoms with Gasteiger partial charge < -0.3 is 15.4 Å². The van der Waals surface area contributed by atoms with Crippen LogP contribution in [0.5, 0.6) is 5.75 Å². The number of hydrogen-bond acceptors (Lipinski definition) is 4. The summed E-state index contributed by atoms with van der Waals surface area (Å²) >= 11 is 0. The summed E-state index contributed by atoms with van der Waals surface area (Å²) in [5.74, 6) is 0.464. The summed E-state index contributed by atoms with van der Waals surface area (Å²) in [6.07, 6.45) is 1.58. The van der Waals surface area contributed by atoms with Gasteiger partial charge in [-0.25, -0.2) is 9.37 Å². The van der Waals surface area contributed by atoms with Crippen LogP contribution < -0.4 is 15.4 Å². The number of rotatable bonds is 6. The Labute approximate surface area is 144 Å². The molecule has 25 heavy (non-hydrogen) atoms. The minimum absolute atomic E-state index is 0.0960. The van der Waals surface area contributed by atoms with Crippen molar-refractivity contribution in [3.05, 3.63) is 78.7 Å². The van der Waals surface area contributed by atoms with Gasteiger partial charge in [0.25, 0.3) is 5.91 Å². The van der Waals surface area contributed by atoms with Gasteiger partial charge in [-0.15, -0.1) is 0 Å².